The molecule has 2 fully saturated rings. The number of rotatable bonds is 6. The van der Waals surface area contributed by atoms with Crippen molar-refractivity contribution in [3.8, 4) is 0 Å². The van der Waals surface area contributed by atoms with Crippen molar-refractivity contribution in [3.05, 3.63) is 0 Å². The van der Waals surface area contributed by atoms with Gasteiger partial charge in [-0.2, -0.15) is 0 Å². The Kier molecular flexibility index (Phi) is 5.11. The van der Waals surface area contributed by atoms with Gasteiger partial charge in [-0.15, -0.1) is 0 Å². The summed E-state index contributed by atoms with van der Waals surface area (Å²) in [5, 5.41) is 3.59. The van der Waals surface area contributed by atoms with E-state index in [1.165, 1.54) is 25.7 Å². The van der Waals surface area contributed by atoms with Gasteiger partial charge in [0.2, 0.25) is 5.91 Å². The molecule has 1 amide bonds. The van der Waals surface area contributed by atoms with Crippen LogP contribution >= 0.6 is 0 Å². The van der Waals surface area contributed by atoms with Crippen molar-refractivity contribution in [2.45, 2.75) is 84.8 Å². The highest BCUT2D eigenvalue weighted by Gasteiger charge is 2.42. The summed E-state index contributed by atoms with van der Waals surface area (Å²) in [6.45, 7) is 9.93. The molecule has 2 aliphatic rings. The Morgan fingerprint density at radius 2 is 2.00 bits per heavy atom. The van der Waals surface area contributed by atoms with Gasteiger partial charge in [-0.25, -0.2) is 0 Å². The third kappa shape index (κ3) is 3.55. The second kappa shape index (κ2) is 6.46. The molecule has 1 aliphatic carbocycles. The maximum atomic E-state index is 12.7. The fourth-order valence-corrected chi connectivity index (χ4v) is 3.89. The summed E-state index contributed by atoms with van der Waals surface area (Å²) >= 11 is 0. The first kappa shape index (κ1) is 15.8. The SMILES string of the molecule is CCCC1NC(CC(C)C)C(=O)N1CC1(C)CCCC1. The molecule has 3 heteroatoms. The van der Waals surface area contributed by atoms with E-state index in [0.29, 0.717) is 17.2 Å². The lowest BCUT2D eigenvalue weighted by Gasteiger charge is -2.33. The fourth-order valence-electron chi connectivity index (χ4n) is 3.89. The summed E-state index contributed by atoms with van der Waals surface area (Å²) in [4.78, 5) is 14.9. The van der Waals surface area contributed by atoms with Gasteiger partial charge in [-0.05, 0) is 37.0 Å². The van der Waals surface area contributed by atoms with Gasteiger partial charge in [0.1, 0.15) is 0 Å². The standard InChI is InChI=1S/C17H32N2O/c1-5-8-15-18-14(11-13(2)3)16(20)19(15)12-17(4)9-6-7-10-17/h13-15,18H,5-12H2,1-4H3. The first-order valence-electron chi connectivity index (χ1n) is 8.52. The summed E-state index contributed by atoms with van der Waals surface area (Å²) < 4.78 is 0. The van der Waals surface area contributed by atoms with Crippen LogP contribution in [-0.2, 0) is 4.79 Å². The number of nitrogens with one attached hydrogen (secondary N) is 1. The number of carbonyl (C=O) groups excluding carboxylic acids is 1. The maximum Gasteiger partial charge on any atom is 0.241 e. The molecule has 2 rings (SSSR count). The van der Waals surface area contributed by atoms with Crippen LogP contribution in [0.3, 0.4) is 0 Å². The normalized spacial score (nSPS) is 29.6. The van der Waals surface area contributed by atoms with Crippen molar-refractivity contribution < 1.29 is 4.79 Å². The second-order valence-corrected chi connectivity index (χ2v) is 7.64. The molecule has 0 radical (unpaired) electrons. The third-order valence-corrected chi connectivity index (χ3v) is 4.98. The molecular formula is C17H32N2O. The lowest BCUT2D eigenvalue weighted by molar-refractivity contribution is -0.131. The smallest absolute Gasteiger partial charge is 0.241 e. The Labute approximate surface area is 124 Å². The van der Waals surface area contributed by atoms with Crippen molar-refractivity contribution in [2.24, 2.45) is 11.3 Å². The summed E-state index contributed by atoms with van der Waals surface area (Å²) in [6, 6.07) is 0.0524. The monoisotopic (exact) mass is 280 g/mol. The Hall–Kier alpha value is -0.570. The number of hydrogen-bond donors (Lipinski definition) is 1. The van der Waals surface area contributed by atoms with Crippen molar-refractivity contribution in [1.82, 2.24) is 10.2 Å². The molecule has 0 aromatic carbocycles. The molecule has 0 aromatic heterocycles. The van der Waals surface area contributed by atoms with E-state index >= 15 is 0 Å². The van der Waals surface area contributed by atoms with Crippen LogP contribution in [0.1, 0.15) is 72.6 Å². The van der Waals surface area contributed by atoms with Crippen LogP contribution in [0.15, 0.2) is 0 Å². The molecule has 0 spiro atoms. The van der Waals surface area contributed by atoms with Gasteiger partial charge in [0.25, 0.3) is 0 Å². The van der Waals surface area contributed by atoms with Crippen LogP contribution in [0.5, 0.6) is 0 Å². The molecule has 1 N–H and O–H groups in total. The van der Waals surface area contributed by atoms with E-state index in [1.54, 1.807) is 0 Å². The highest BCUT2D eigenvalue weighted by molar-refractivity contribution is 5.84. The number of carbonyl (C=O) groups is 1. The van der Waals surface area contributed by atoms with E-state index in [2.05, 4.69) is 37.9 Å². The number of amides is 1. The first-order chi connectivity index (χ1) is 9.45. The van der Waals surface area contributed by atoms with Gasteiger partial charge in [0.05, 0.1) is 12.2 Å². The topological polar surface area (TPSA) is 32.3 Å². The summed E-state index contributed by atoms with van der Waals surface area (Å²) in [6.07, 6.45) is 8.68. The second-order valence-electron chi connectivity index (χ2n) is 7.64. The van der Waals surface area contributed by atoms with E-state index < -0.39 is 0 Å². The molecule has 1 saturated carbocycles. The molecule has 0 aromatic rings. The summed E-state index contributed by atoms with van der Waals surface area (Å²) in [5.41, 5.74) is 0.357. The van der Waals surface area contributed by atoms with Gasteiger partial charge >= 0.3 is 0 Å². The molecule has 1 aliphatic heterocycles. The average Bonchev–Trinajstić information content (AvgIpc) is 2.90. The molecule has 2 unspecified atom stereocenters. The minimum absolute atomic E-state index is 0.0524. The maximum absolute atomic E-state index is 12.7. The van der Waals surface area contributed by atoms with E-state index in [0.717, 1.165) is 25.8 Å². The van der Waals surface area contributed by atoms with Crippen molar-refractivity contribution in [3.63, 3.8) is 0 Å². The molecule has 1 heterocycles. The van der Waals surface area contributed by atoms with E-state index in [4.69, 9.17) is 0 Å². The average molecular weight is 280 g/mol. The number of hydrogen-bond acceptors (Lipinski definition) is 2. The predicted molar refractivity (Wildman–Crippen MR) is 83.4 cm³/mol. The van der Waals surface area contributed by atoms with Crippen LogP contribution < -0.4 is 5.32 Å². The Bertz CT molecular complexity index is 334. The lowest BCUT2D eigenvalue weighted by atomic mass is 9.88. The fraction of sp³-hybridized carbons (Fsp3) is 0.941. The van der Waals surface area contributed by atoms with Gasteiger partial charge in [0.15, 0.2) is 0 Å². The zero-order valence-corrected chi connectivity index (χ0v) is 13.7. The van der Waals surface area contributed by atoms with Crippen LogP contribution in [0.4, 0.5) is 0 Å². The molecule has 116 valence electrons. The zero-order valence-electron chi connectivity index (χ0n) is 13.7. The largest absolute Gasteiger partial charge is 0.325 e. The number of nitrogens with zero attached hydrogens (tertiary/aromatic N) is 1. The van der Waals surface area contributed by atoms with E-state index in [9.17, 15) is 4.79 Å². The third-order valence-electron chi connectivity index (χ3n) is 4.98. The molecular weight excluding hydrogens is 248 g/mol. The zero-order chi connectivity index (χ0) is 14.8. The Morgan fingerprint density at radius 3 is 2.55 bits per heavy atom. The van der Waals surface area contributed by atoms with Gasteiger partial charge < -0.3 is 4.90 Å². The molecule has 0 bridgehead atoms. The van der Waals surface area contributed by atoms with E-state index in [-0.39, 0.29) is 12.2 Å². The highest BCUT2D eigenvalue weighted by Crippen LogP contribution is 2.39. The van der Waals surface area contributed by atoms with Crippen LogP contribution in [0, 0.1) is 11.3 Å². The quantitative estimate of drug-likeness (QED) is 0.807. The summed E-state index contributed by atoms with van der Waals surface area (Å²) in [5.74, 6) is 0.922. The van der Waals surface area contributed by atoms with Crippen molar-refractivity contribution in [1.29, 1.82) is 0 Å². The molecule has 2 atom stereocenters. The van der Waals surface area contributed by atoms with Crippen LogP contribution in [0.2, 0.25) is 0 Å². The summed E-state index contributed by atoms with van der Waals surface area (Å²) in [7, 11) is 0. The minimum Gasteiger partial charge on any atom is -0.325 e. The minimum atomic E-state index is 0.0524. The predicted octanol–water partition coefficient (Wildman–Crippen LogP) is 3.54. The molecule has 20 heavy (non-hydrogen) atoms. The lowest BCUT2D eigenvalue weighted by Crippen LogP contribution is -2.43. The van der Waals surface area contributed by atoms with Gasteiger partial charge in [-0.1, -0.05) is 47.0 Å². The Balaban J connectivity index is 2.04. The van der Waals surface area contributed by atoms with Gasteiger partial charge in [-0.3, -0.25) is 10.1 Å². The van der Waals surface area contributed by atoms with Crippen molar-refractivity contribution >= 4 is 5.91 Å². The highest BCUT2D eigenvalue weighted by atomic mass is 16.2. The van der Waals surface area contributed by atoms with E-state index in [1.807, 2.05) is 0 Å². The molecule has 3 nitrogen and oxygen atoms in total. The van der Waals surface area contributed by atoms with Crippen LogP contribution in [0.25, 0.3) is 0 Å². The van der Waals surface area contributed by atoms with Crippen LogP contribution in [-0.4, -0.2) is 29.6 Å². The van der Waals surface area contributed by atoms with Crippen molar-refractivity contribution in [2.75, 3.05) is 6.54 Å². The van der Waals surface area contributed by atoms with Gasteiger partial charge in [0, 0.05) is 6.54 Å². The Morgan fingerprint density at radius 1 is 1.35 bits per heavy atom. The first-order valence-corrected chi connectivity index (χ1v) is 8.52. The molecule has 1 saturated heterocycles.